The van der Waals surface area contributed by atoms with Crippen molar-refractivity contribution < 1.29 is 9.18 Å². The summed E-state index contributed by atoms with van der Waals surface area (Å²) in [6.07, 6.45) is 8.23. The fraction of sp³-hybridized carbons (Fsp3) is 0.368. The van der Waals surface area contributed by atoms with Gasteiger partial charge < -0.3 is 4.90 Å². The van der Waals surface area contributed by atoms with Crippen LogP contribution >= 0.6 is 11.6 Å². The lowest BCUT2D eigenvalue weighted by Gasteiger charge is -2.23. The highest BCUT2D eigenvalue weighted by atomic mass is 35.5. The molecule has 3 aromatic rings. The van der Waals surface area contributed by atoms with E-state index in [0.29, 0.717) is 27.4 Å². The number of likely N-dealkylation sites (tertiary alicyclic amines) is 1. The van der Waals surface area contributed by atoms with Gasteiger partial charge in [0.25, 0.3) is 0 Å². The molecule has 0 atom stereocenters. The fourth-order valence-electron chi connectivity index (χ4n) is 2.81. The minimum absolute atomic E-state index is 0.488. The average molecular weight is 390 g/mol. The quantitative estimate of drug-likeness (QED) is 0.626. The SMILES string of the molecule is CN1CCC(F)CC1.Cc1cnc(-n2cc(Cl)c3cc(C=O)cnc32)cn1. The summed E-state index contributed by atoms with van der Waals surface area (Å²) in [5.74, 6) is 0.633. The lowest BCUT2D eigenvalue weighted by molar-refractivity contribution is 0.112. The molecule has 0 unspecified atom stereocenters. The Morgan fingerprint density at radius 2 is 1.93 bits per heavy atom. The van der Waals surface area contributed by atoms with Crippen molar-refractivity contribution in [2.45, 2.75) is 25.9 Å². The van der Waals surface area contributed by atoms with Crippen molar-refractivity contribution in [3.05, 3.63) is 47.1 Å². The number of carbonyl (C=O) groups excluding carboxylic acids is 1. The topological polar surface area (TPSA) is 63.9 Å². The summed E-state index contributed by atoms with van der Waals surface area (Å²) in [7, 11) is 2.03. The first-order chi connectivity index (χ1) is 13.0. The molecule has 0 aromatic carbocycles. The number of alkyl halides is 1. The maximum atomic E-state index is 12.3. The van der Waals surface area contributed by atoms with Crippen molar-refractivity contribution in [3.8, 4) is 5.82 Å². The van der Waals surface area contributed by atoms with Gasteiger partial charge in [-0.2, -0.15) is 0 Å². The standard InChI is InChI=1S/C13H9ClN4O.C6H12FN/c1-8-3-16-12(5-15-8)18-6-11(14)10-2-9(7-19)4-17-13(10)18;1-8-4-2-6(7)3-5-8/h2-7H,1H3;6H,2-5H2,1H3. The third-order valence-corrected chi connectivity index (χ3v) is 4.72. The molecule has 8 heteroatoms. The Morgan fingerprint density at radius 3 is 2.52 bits per heavy atom. The number of hydrogen-bond acceptors (Lipinski definition) is 5. The highest BCUT2D eigenvalue weighted by Gasteiger charge is 2.14. The van der Waals surface area contributed by atoms with Gasteiger partial charge in [0.1, 0.15) is 11.8 Å². The number of aldehydes is 1. The third kappa shape index (κ3) is 4.67. The summed E-state index contributed by atoms with van der Waals surface area (Å²) in [5, 5.41) is 1.24. The van der Waals surface area contributed by atoms with Gasteiger partial charge in [-0.3, -0.25) is 14.3 Å². The Bertz CT molecular complexity index is 910. The number of pyridine rings is 1. The van der Waals surface area contributed by atoms with Crippen molar-refractivity contribution in [2.24, 2.45) is 0 Å². The third-order valence-electron chi connectivity index (χ3n) is 4.41. The molecule has 0 N–H and O–H groups in total. The number of fused-ring (bicyclic) bond motifs is 1. The number of aromatic nitrogens is 4. The molecular formula is C19H21ClFN5O. The van der Waals surface area contributed by atoms with Gasteiger partial charge in [0.2, 0.25) is 0 Å². The second-order valence-corrected chi connectivity index (χ2v) is 7.01. The van der Waals surface area contributed by atoms with Crippen LogP contribution in [0.3, 0.4) is 0 Å². The number of hydrogen-bond donors (Lipinski definition) is 0. The Labute approximate surface area is 162 Å². The molecule has 0 aliphatic carbocycles. The predicted molar refractivity (Wildman–Crippen MR) is 103 cm³/mol. The molecule has 0 spiro atoms. The molecular weight excluding hydrogens is 369 g/mol. The number of carbonyl (C=O) groups is 1. The molecule has 1 fully saturated rings. The van der Waals surface area contributed by atoms with E-state index in [2.05, 4.69) is 19.9 Å². The van der Waals surface area contributed by atoms with Gasteiger partial charge >= 0.3 is 0 Å². The molecule has 3 aromatic heterocycles. The van der Waals surface area contributed by atoms with E-state index in [0.717, 1.165) is 37.9 Å². The van der Waals surface area contributed by atoms with Crippen LogP contribution in [0.5, 0.6) is 0 Å². The Hall–Kier alpha value is -2.38. The molecule has 1 aliphatic rings. The molecule has 1 saturated heterocycles. The first-order valence-corrected chi connectivity index (χ1v) is 9.09. The van der Waals surface area contributed by atoms with E-state index >= 15 is 0 Å². The molecule has 4 rings (SSSR count). The molecule has 0 bridgehead atoms. The van der Waals surface area contributed by atoms with E-state index in [4.69, 9.17) is 11.6 Å². The predicted octanol–water partition coefficient (Wildman–Crippen LogP) is 3.64. The van der Waals surface area contributed by atoms with Crippen molar-refractivity contribution in [2.75, 3.05) is 20.1 Å². The van der Waals surface area contributed by atoms with Crippen LogP contribution in [-0.4, -0.2) is 57.0 Å². The highest BCUT2D eigenvalue weighted by Crippen LogP contribution is 2.26. The number of aryl methyl sites for hydroxylation is 1. The minimum atomic E-state index is -0.522. The van der Waals surface area contributed by atoms with Crippen molar-refractivity contribution in [3.63, 3.8) is 0 Å². The summed E-state index contributed by atoms with van der Waals surface area (Å²) >= 11 is 6.16. The Balaban J connectivity index is 0.000000221. The highest BCUT2D eigenvalue weighted by molar-refractivity contribution is 6.35. The van der Waals surface area contributed by atoms with Crippen LogP contribution in [0.25, 0.3) is 16.9 Å². The number of halogens is 2. The number of rotatable bonds is 2. The monoisotopic (exact) mass is 389 g/mol. The smallest absolute Gasteiger partial charge is 0.156 e. The minimum Gasteiger partial charge on any atom is -0.306 e. The van der Waals surface area contributed by atoms with E-state index < -0.39 is 6.17 Å². The molecule has 0 saturated carbocycles. The Kier molecular flexibility index (Phi) is 6.13. The number of nitrogens with zero attached hydrogens (tertiary/aromatic N) is 5. The molecule has 1 aliphatic heterocycles. The molecule has 6 nitrogen and oxygen atoms in total. The van der Waals surface area contributed by atoms with Gasteiger partial charge in [0, 0.05) is 36.4 Å². The van der Waals surface area contributed by atoms with Crippen LogP contribution in [-0.2, 0) is 0 Å². The van der Waals surface area contributed by atoms with Crippen molar-refractivity contribution in [1.82, 2.24) is 24.4 Å². The fourth-order valence-corrected chi connectivity index (χ4v) is 3.05. The van der Waals surface area contributed by atoms with Gasteiger partial charge in [-0.05, 0) is 32.9 Å². The normalized spacial score (nSPS) is 15.4. The van der Waals surface area contributed by atoms with Crippen LogP contribution in [0, 0.1) is 6.92 Å². The molecule has 0 amide bonds. The first kappa shape index (κ1) is 19.4. The second-order valence-electron chi connectivity index (χ2n) is 6.60. The number of piperidine rings is 1. The van der Waals surface area contributed by atoms with E-state index in [1.807, 2.05) is 14.0 Å². The largest absolute Gasteiger partial charge is 0.306 e. The lowest BCUT2D eigenvalue weighted by Crippen LogP contribution is -2.30. The maximum Gasteiger partial charge on any atom is 0.156 e. The summed E-state index contributed by atoms with van der Waals surface area (Å²) in [4.78, 5) is 25.7. The van der Waals surface area contributed by atoms with Crippen LogP contribution in [0.15, 0.2) is 30.9 Å². The van der Waals surface area contributed by atoms with Crippen LogP contribution < -0.4 is 0 Å². The Morgan fingerprint density at radius 1 is 1.19 bits per heavy atom. The zero-order valence-electron chi connectivity index (χ0n) is 15.3. The van der Waals surface area contributed by atoms with E-state index in [1.165, 1.54) is 6.20 Å². The summed E-state index contributed by atoms with van der Waals surface area (Å²) in [6.45, 7) is 3.73. The second kappa shape index (κ2) is 8.54. The van der Waals surface area contributed by atoms with E-state index in [9.17, 15) is 9.18 Å². The average Bonchev–Trinajstić information content (AvgIpc) is 3.01. The maximum absolute atomic E-state index is 12.3. The van der Waals surface area contributed by atoms with E-state index in [1.54, 1.807) is 29.2 Å². The van der Waals surface area contributed by atoms with Gasteiger partial charge in [0.05, 0.1) is 23.1 Å². The van der Waals surface area contributed by atoms with Gasteiger partial charge in [-0.1, -0.05) is 11.6 Å². The van der Waals surface area contributed by atoms with Gasteiger partial charge in [0.15, 0.2) is 12.1 Å². The first-order valence-electron chi connectivity index (χ1n) is 8.71. The van der Waals surface area contributed by atoms with Gasteiger partial charge in [-0.25, -0.2) is 14.4 Å². The molecule has 27 heavy (non-hydrogen) atoms. The molecule has 0 radical (unpaired) electrons. The van der Waals surface area contributed by atoms with Crippen LogP contribution in [0.1, 0.15) is 28.9 Å². The zero-order valence-corrected chi connectivity index (χ0v) is 16.0. The summed E-state index contributed by atoms with van der Waals surface area (Å²) < 4.78 is 14.1. The van der Waals surface area contributed by atoms with Crippen LogP contribution in [0.4, 0.5) is 4.39 Å². The van der Waals surface area contributed by atoms with E-state index in [-0.39, 0.29) is 0 Å². The summed E-state index contributed by atoms with van der Waals surface area (Å²) in [6, 6.07) is 1.70. The molecule has 4 heterocycles. The van der Waals surface area contributed by atoms with Crippen molar-refractivity contribution >= 4 is 28.9 Å². The van der Waals surface area contributed by atoms with Gasteiger partial charge in [-0.15, -0.1) is 0 Å². The zero-order chi connectivity index (χ0) is 19.4. The molecule has 142 valence electrons. The van der Waals surface area contributed by atoms with Crippen molar-refractivity contribution in [1.29, 1.82) is 0 Å². The summed E-state index contributed by atoms with van der Waals surface area (Å²) in [5.41, 5.74) is 1.97. The van der Waals surface area contributed by atoms with Crippen LogP contribution in [0.2, 0.25) is 5.02 Å². The lowest BCUT2D eigenvalue weighted by atomic mass is 10.1.